The maximum absolute atomic E-state index is 13.5. The van der Waals surface area contributed by atoms with Crippen LogP contribution < -0.4 is 0 Å². The van der Waals surface area contributed by atoms with Gasteiger partial charge in [0.15, 0.2) is 0 Å². The van der Waals surface area contributed by atoms with Crippen LogP contribution in [0.2, 0.25) is 0 Å². The highest BCUT2D eigenvalue weighted by Crippen LogP contribution is 2.33. The Hall–Kier alpha value is -0.980. The van der Waals surface area contributed by atoms with Crippen LogP contribution in [0.1, 0.15) is 43.7 Å². The lowest BCUT2D eigenvalue weighted by Crippen LogP contribution is -2.15. The van der Waals surface area contributed by atoms with Gasteiger partial charge in [0.05, 0.1) is 0 Å². The Kier molecular flexibility index (Phi) is 5.94. The van der Waals surface area contributed by atoms with Gasteiger partial charge in [-0.3, -0.25) is 0 Å². The maximum Gasteiger partial charge on any atom is 0.124 e. The van der Waals surface area contributed by atoms with Crippen LogP contribution in [-0.2, 0) is 5.75 Å². The molecule has 1 aromatic carbocycles. The molecule has 1 nitrogen and oxygen atoms in total. The lowest BCUT2D eigenvalue weighted by Gasteiger charge is -2.26. The van der Waals surface area contributed by atoms with Crippen LogP contribution in [0.25, 0.3) is 0 Å². The third kappa shape index (κ3) is 4.85. The summed E-state index contributed by atoms with van der Waals surface area (Å²) >= 11 is 1.93. The Morgan fingerprint density at radius 1 is 1.35 bits per heavy atom. The summed E-state index contributed by atoms with van der Waals surface area (Å²) in [5, 5.41) is 9.40. The number of hydrogen-bond acceptors (Lipinski definition) is 2. The fourth-order valence-electron chi connectivity index (χ4n) is 2.69. The van der Waals surface area contributed by atoms with Crippen molar-refractivity contribution < 1.29 is 9.50 Å². The molecule has 0 amide bonds. The normalized spacial score (nSPS) is 22.1. The van der Waals surface area contributed by atoms with Crippen LogP contribution >= 0.6 is 11.8 Å². The zero-order valence-electron chi connectivity index (χ0n) is 11.9. The molecule has 2 rings (SSSR count). The Balaban J connectivity index is 1.96. The van der Waals surface area contributed by atoms with E-state index in [4.69, 9.17) is 5.11 Å². The Labute approximate surface area is 125 Å². The van der Waals surface area contributed by atoms with Gasteiger partial charge in [0, 0.05) is 16.6 Å². The van der Waals surface area contributed by atoms with Crippen LogP contribution in [0.5, 0.6) is 0 Å². The van der Waals surface area contributed by atoms with Gasteiger partial charge in [0.25, 0.3) is 0 Å². The van der Waals surface area contributed by atoms with Crippen molar-refractivity contribution in [2.75, 3.05) is 6.61 Å². The van der Waals surface area contributed by atoms with E-state index in [0.717, 1.165) is 17.2 Å². The molecule has 0 radical (unpaired) electrons. The highest BCUT2D eigenvalue weighted by atomic mass is 32.2. The average Bonchev–Trinajstić information content (AvgIpc) is 2.42. The molecular weight excluding hydrogens is 271 g/mol. The molecule has 0 aromatic heterocycles. The lowest BCUT2D eigenvalue weighted by molar-refractivity contribution is 0.350. The number of benzene rings is 1. The monoisotopic (exact) mass is 292 g/mol. The Morgan fingerprint density at radius 3 is 2.95 bits per heavy atom. The van der Waals surface area contributed by atoms with Crippen LogP contribution in [0.3, 0.4) is 0 Å². The van der Waals surface area contributed by atoms with Gasteiger partial charge in [-0.1, -0.05) is 31.6 Å². The molecule has 1 aliphatic carbocycles. The van der Waals surface area contributed by atoms with Gasteiger partial charge < -0.3 is 5.11 Å². The van der Waals surface area contributed by atoms with Gasteiger partial charge >= 0.3 is 0 Å². The SMILES string of the molecule is CC1CCCC(SCc2cc(F)cc(C#CCO)c2)C1. The molecule has 0 saturated heterocycles. The van der Waals surface area contributed by atoms with E-state index in [1.807, 2.05) is 17.8 Å². The zero-order valence-corrected chi connectivity index (χ0v) is 12.7. The first-order valence-corrected chi connectivity index (χ1v) is 8.23. The largest absolute Gasteiger partial charge is 0.384 e. The minimum Gasteiger partial charge on any atom is -0.384 e. The van der Waals surface area contributed by atoms with E-state index in [0.29, 0.717) is 10.8 Å². The van der Waals surface area contributed by atoms with Crippen LogP contribution in [0.15, 0.2) is 18.2 Å². The average molecular weight is 292 g/mol. The summed E-state index contributed by atoms with van der Waals surface area (Å²) in [4.78, 5) is 0. The highest BCUT2D eigenvalue weighted by Gasteiger charge is 2.19. The van der Waals surface area contributed by atoms with E-state index in [-0.39, 0.29) is 12.4 Å². The summed E-state index contributed by atoms with van der Waals surface area (Å²) in [6.07, 6.45) is 5.21. The molecule has 0 spiro atoms. The quantitative estimate of drug-likeness (QED) is 0.850. The second-order valence-electron chi connectivity index (χ2n) is 5.51. The van der Waals surface area contributed by atoms with Gasteiger partial charge in [-0.15, -0.1) is 0 Å². The summed E-state index contributed by atoms with van der Waals surface area (Å²) in [6, 6.07) is 4.92. The summed E-state index contributed by atoms with van der Waals surface area (Å²) in [5.74, 6) is 6.74. The molecule has 1 fully saturated rings. The molecule has 1 aliphatic rings. The molecule has 3 heteroatoms. The van der Waals surface area contributed by atoms with Gasteiger partial charge in [0.2, 0.25) is 0 Å². The second kappa shape index (κ2) is 7.71. The van der Waals surface area contributed by atoms with Gasteiger partial charge in [-0.25, -0.2) is 4.39 Å². The predicted octanol–water partition coefficient (Wildman–Crippen LogP) is 3.98. The molecular formula is C17H21FOS. The van der Waals surface area contributed by atoms with Crippen molar-refractivity contribution >= 4 is 11.8 Å². The van der Waals surface area contributed by atoms with Crippen LogP contribution in [-0.4, -0.2) is 17.0 Å². The standard InChI is InChI=1S/C17H21FOS/c1-13-4-2-6-17(8-13)20-12-15-9-14(5-3-7-19)10-16(18)11-15/h9-11,13,17,19H,2,4,6-8,12H2,1H3. The van der Waals surface area contributed by atoms with Crippen molar-refractivity contribution in [3.05, 3.63) is 35.1 Å². The number of aliphatic hydroxyl groups excluding tert-OH is 1. The smallest absolute Gasteiger partial charge is 0.124 e. The molecule has 1 aromatic rings. The molecule has 2 atom stereocenters. The first-order chi connectivity index (χ1) is 9.67. The first kappa shape index (κ1) is 15.4. The van der Waals surface area contributed by atoms with Crippen molar-refractivity contribution in [2.24, 2.45) is 5.92 Å². The molecule has 1 saturated carbocycles. The molecule has 2 unspecified atom stereocenters. The zero-order chi connectivity index (χ0) is 14.4. The summed E-state index contributed by atoms with van der Waals surface area (Å²) in [6.45, 7) is 2.12. The summed E-state index contributed by atoms with van der Waals surface area (Å²) in [5.41, 5.74) is 1.63. The van der Waals surface area contributed by atoms with Crippen LogP contribution in [0, 0.1) is 23.6 Å². The maximum atomic E-state index is 13.5. The minimum absolute atomic E-state index is 0.194. The first-order valence-electron chi connectivity index (χ1n) is 7.18. The number of hydrogen-bond donors (Lipinski definition) is 1. The molecule has 0 aliphatic heterocycles. The second-order valence-corrected chi connectivity index (χ2v) is 6.80. The molecule has 20 heavy (non-hydrogen) atoms. The Bertz CT molecular complexity index is 503. The summed E-state index contributed by atoms with van der Waals surface area (Å²) < 4.78 is 13.5. The number of halogens is 1. The van der Waals surface area contributed by atoms with E-state index < -0.39 is 0 Å². The predicted molar refractivity (Wildman–Crippen MR) is 83.1 cm³/mol. The molecule has 0 bridgehead atoms. The lowest BCUT2D eigenvalue weighted by atomic mass is 9.91. The topological polar surface area (TPSA) is 20.2 Å². The summed E-state index contributed by atoms with van der Waals surface area (Å²) in [7, 11) is 0. The van der Waals surface area contributed by atoms with Gasteiger partial charge in [0.1, 0.15) is 12.4 Å². The van der Waals surface area contributed by atoms with Crippen molar-refractivity contribution in [3.63, 3.8) is 0 Å². The van der Waals surface area contributed by atoms with E-state index in [2.05, 4.69) is 18.8 Å². The fraction of sp³-hybridized carbons (Fsp3) is 0.529. The molecule has 0 heterocycles. The van der Waals surface area contributed by atoms with E-state index in [1.54, 1.807) is 6.07 Å². The van der Waals surface area contributed by atoms with Crippen molar-refractivity contribution in [2.45, 2.75) is 43.6 Å². The van der Waals surface area contributed by atoms with E-state index in [9.17, 15) is 4.39 Å². The van der Waals surface area contributed by atoms with Gasteiger partial charge in [-0.2, -0.15) is 11.8 Å². The van der Waals surface area contributed by atoms with Crippen molar-refractivity contribution in [1.82, 2.24) is 0 Å². The number of aliphatic hydroxyl groups is 1. The number of thioether (sulfide) groups is 1. The Morgan fingerprint density at radius 2 is 2.20 bits per heavy atom. The van der Waals surface area contributed by atoms with E-state index >= 15 is 0 Å². The van der Waals surface area contributed by atoms with Crippen molar-refractivity contribution in [1.29, 1.82) is 0 Å². The van der Waals surface area contributed by atoms with E-state index in [1.165, 1.54) is 31.7 Å². The third-order valence-electron chi connectivity index (χ3n) is 3.64. The third-order valence-corrected chi connectivity index (χ3v) is 5.04. The fourth-order valence-corrected chi connectivity index (χ4v) is 4.08. The van der Waals surface area contributed by atoms with Crippen LogP contribution in [0.4, 0.5) is 4.39 Å². The van der Waals surface area contributed by atoms with Crippen molar-refractivity contribution in [3.8, 4) is 11.8 Å². The molecule has 1 N–H and O–H groups in total. The number of rotatable bonds is 3. The minimum atomic E-state index is -0.248. The van der Waals surface area contributed by atoms with Gasteiger partial charge in [-0.05, 0) is 42.5 Å². The highest BCUT2D eigenvalue weighted by molar-refractivity contribution is 7.99. The molecule has 108 valence electrons.